The average Bonchev–Trinajstić information content (AvgIpc) is 2.29. The predicted molar refractivity (Wildman–Crippen MR) is 72.6 cm³/mol. The standard InChI is InChI=1S/C11H16BrFN2O2S/c1-8-6-10(13)9(12)7-11(8)18(16,17)15-5-3-4-14-2/h6-7,14-15H,3-5H2,1-2H3. The Morgan fingerprint density at radius 1 is 1.33 bits per heavy atom. The lowest BCUT2D eigenvalue weighted by Crippen LogP contribution is -2.27. The van der Waals surface area contributed by atoms with Crippen molar-refractivity contribution in [3.05, 3.63) is 28.0 Å². The predicted octanol–water partition coefficient (Wildman–Crippen LogP) is 1.78. The molecular weight excluding hydrogens is 323 g/mol. The largest absolute Gasteiger partial charge is 0.320 e. The van der Waals surface area contributed by atoms with Crippen LogP contribution in [0.4, 0.5) is 4.39 Å². The second-order valence-electron chi connectivity index (χ2n) is 3.89. The Morgan fingerprint density at radius 2 is 2.00 bits per heavy atom. The highest BCUT2D eigenvalue weighted by molar-refractivity contribution is 9.10. The first-order valence-electron chi connectivity index (χ1n) is 5.48. The molecule has 0 aliphatic rings. The molecule has 1 rings (SSSR count). The van der Waals surface area contributed by atoms with Crippen molar-refractivity contribution in [2.45, 2.75) is 18.2 Å². The molecule has 0 bridgehead atoms. The third-order valence-corrected chi connectivity index (χ3v) is 4.61. The molecule has 0 fully saturated rings. The first-order chi connectivity index (χ1) is 8.38. The molecule has 0 saturated carbocycles. The minimum atomic E-state index is -3.59. The zero-order valence-electron chi connectivity index (χ0n) is 10.3. The molecule has 18 heavy (non-hydrogen) atoms. The topological polar surface area (TPSA) is 58.2 Å². The van der Waals surface area contributed by atoms with Crippen LogP contribution in [-0.2, 0) is 10.0 Å². The summed E-state index contributed by atoms with van der Waals surface area (Å²) in [5, 5.41) is 2.93. The molecule has 0 saturated heterocycles. The van der Waals surface area contributed by atoms with Gasteiger partial charge in [0.2, 0.25) is 10.0 Å². The zero-order valence-corrected chi connectivity index (χ0v) is 12.7. The van der Waals surface area contributed by atoms with E-state index >= 15 is 0 Å². The maximum absolute atomic E-state index is 13.2. The van der Waals surface area contributed by atoms with Gasteiger partial charge in [0.25, 0.3) is 0 Å². The molecular formula is C11H16BrFN2O2S. The molecule has 2 N–H and O–H groups in total. The van der Waals surface area contributed by atoms with E-state index in [0.29, 0.717) is 18.5 Å². The summed E-state index contributed by atoms with van der Waals surface area (Å²) < 4.78 is 39.9. The first kappa shape index (κ1) is 15.6. The van der Waals surface area contributed by atoms with E-state index in [1.54, 1.807) is 14.0 Å². The van der Waals surface area contributed by atoms with E-state index in [1.165, 1.54) is 12.1 Å². The van der Waals surface area contributed by atoms with Crippen LogP contribution in [-0.4, -0.2) is 28.6 Å². The van der Waals surface area contributed by atoms with Crippen molar-refractivity contribution >= 4 is 26.0 Å². The molecule has 0 aromatic heterocycles. The summed E-state index contributed by atoms with van der Waals surface area (Å²) >= 11 is 2.99. The van der Waals surface area contributed by atoms with Crippen LogP contribution in [0.3, 0.4) is 0 Å². The van der Waals surface area contributed by atoms with Crippen molar-refractivity contribution in [1.82, 2.24) is 10.0 Å². The minimum absolute atomic E-state index is 0.0974. The van der Waals surface area contributed by atoms with Crippen LogP contribution in [0, 0.1) is 12.7 Å². The molecule has 4 nitrogen and oxygen atoms in total. The van der Waals surface area contributed by atoms with Crippen molar-refractivity contribution < 1.29 is 12.8 Å². The fraction of sp³-hybridized carbons (Fsp3) is 0.455. The maximum Gasteiger partial charge on any atom is 0.240 e. The summed E-state index contributed by atoms with van der Waals surface area (Å²) in [6, 6.07) is 2.48. The number of rotatable bonds is 6. The molecule has 1 aromatic rings. The molecule has 0 heterocycles. The number of hydrogen-bond donors (Lipinski definition) is 2. The zero-order chi connectivity index (χ0) is 13.8. The van der Waals surface area contributed by atoms with Crippen molar-refractivity contribution in [3.63, 3.8) is 0 Å². The van der Waals surface area contributed by atoms with Gasteiger partial charge in [0.15, 0.2) is 0 Å². The van der Waals surface area contributed by atoms with Gasteiger partial charge in [0.1, 0.15) is 5.82 Å². The van der Waals surface area contributed by atoms with E-state index in [1.807, 2.05) is 0 Å². The highest BCUT2D eigenvalue weighted by Crippen LogP contribution is 2.23. The lowest BCUT2D eigenvalue weighted by Gasteiger charge is -2.10. The van der Waals surface area contributed by atoms with Gasteiger partial charge in [-0.15, -0.1) is 0 Å². The van der Waals surface area contributed by atoms with E-state index < -0.39 is 15.8 Å². The van der Waals surface area contributed by atoms with Crippen LogP contribution in [0.2, 0.25) is 0 Å². The van der Waals surface area contributed by atoms with Crippen molar-refractivity contribution in [3.8, 4) is 0 Å². The van der Waals surface area contributed by atoms with Crippen LogP contribution in [0.5, 0.6) is 0 Å². The number of nitrogens with one attached hydrogen (secondary N) is 2. The fourth-order valence-corrected chi connectivity index (χ4v) is 3.29. The molecule has 0 aliphatic heterocycles. The summed E-state index contributed by atoms with van der Waals surface area (Å²) in [6.45, 7) is 2.64. The molecule has 0 unspecified atom stereocenters. The second-order valence-corrected chi connectivity index (χ2v) is 6.48. The molecule has 0 amide bonds. The Kier molecular flexibility index (Phi) is 5.71. The summed E-state index contributed by atoms with van der Waals surface area (Å²) in [4.78, 5) is 0.0974. The van der Waals surface area contributed by atoms with Crippen LogP contribution in [0.15, 0.2) is 21.5 Å². The molecule has 1 aromatic carbocycles. The van der Waals surface area contributed by atoms with Crippen LogP contribution in [0.25, 0.3) is 0 Å². The summed E-state index contributed by atoms with van der Waals surface area (Å²) in [7, 11) is -1.78. The number of halogens is 2. The van der Waals surface area contributed by atoms with Crippen LogP contribution >= 0.6 is 15.9 Å². The number of aryl methyl sites for hydroxylation is 1. The van der Waals surface area contributed by atoms with E-state index in [9.17, 15) is 12.8 Å². The van der Waals surface area contributed by atoms with Gasteiger partial charge in [-0.05, 0) is 60.6 Å². The van der Waals surface area contributed by atoms with Gasteiger partial charge in [-0.3, -0.25) is 0 Å². The Bertz CT molecular complexity index is 520. The lowest BCUT2D eigenvalue weighted by atomic mass is 10.2. The first-order valence-corrected chi connectivity index (χ1v) is 7.76. The highest BCUT2D eigenvalue weighted by atomic mass is 79.9. The van der Waals surface area contributed by atoms with Crippen LogP contribution in [0.1, 0.15) is 12.0 Å². The minimum Gasteiger partial charge on any atom is -0.320 e. The smallest absolute Gasteiger partial charge is 0.240 e. The normalized spacial score (nSPS) is 11.8. The third-order valence-electron chi connectivity index (χ3n) is 2.40. The quantitative estimate of drug-likeness (QED) is 0.777. The van der Waals surface area contributed by atoms with Gasteiger partial charge in [-0.1, -0.05) is 0 Å². The number of hydrogen-bond acceptors (Lipinski definition) is 3. The number of sulfonamides is 1. The molecule has 0 atom stereocenters. The summed E-state index contributed by atoms with van der Waals surface area (Å²) in [6.07, 6.45) is 0.692. The Labute approximate surface area is 115 Å². The number of benzene rings is 1. The van der Waals surface area contributed by atoms with E-state index in [-0.39, 0.29) is 9.37 Å². The third kappa shape index (κ3) is 4.01. The molecule has 0 spiro atoms. The molecule has 0 radical (unpaired) electrons. The molecule has 0 aliphatic carbocycles. The monoisotopic (exact) mass is 338 g/mol. The van der Waals surface area contributed by atoms with E-state index in [2.05, 4.69) is 26.0 Å². The SMILES string of the molecule is CNCCCNS(=O)(=O)c1cc(Br)c(F)cc1C. The van der Waals surface area contributed by atoms with E-state index in [0.717, 1.165) is 6.54 Å². The van der Waals surface area contributed by atoms with Crippen molar-refractivity contribution in [1.29, 1.82) is 0 Å². The Balaban J connectivity index is 2.88. The summed E-state index contributed by atoms with van der Waals surface area (Å²) in [5.41, 5.74) is 0.386. The summed E-state index contributed by atoms with van der Waals surface area (Å²) in [5.74, 6) is -0.471. The molecule has 102 valence electrons. The van der Waals surface area contributed by atoms with Gasteiger partial charge in [-0.2, -0.15) is 0 Å². The van der Waals surface area contributed by atoms with Crippen molar-refractivity contribution in [2.24, 2.45) is 0 Å². The fourth-order valence-electron chi connectivity index (χ4n) is 1.47. The van der Waals surface area contributed by atoms with Crippen LogP contribution < -0.4 is 10.0 Å². The van der Waals surface area contributed by atoms with E-state index in [4.69, 9.17) is 0 Å². The van der Waals surface area contributed by atoms with Gasteiger partial charge < -0.3 is 5.32 Å². The van der Waals surface area contributed by atoms with Gasteiger partial charge in [0, 0.05) is 6.54 Å². The molecule has 7 heteroatoms. The van der Waals surface area contributed by atoms with Gasteiger partial charge >= 0.3 is 0 Å². The Morgan fingerprint density at radius 3 is 2.61 bits per heavy atom. The van der Waals surface area contributed by atoms with Gasteiger partial charge in [0.05, 0.1) is 9.37 Å². The second kappa shape index (κ2) is 6.60. The van der Waals surface area contributed by atoms with Gasteiger partial charge in [-0.25, -0.2) is 17.5 Å². The highest BCUT2D eigenvalue weighted by Gasteiger charge is 2.18. The Hall–Kier alpha value is -0.500. The maximum atomic E-state index is 13.2. The lowest BCUT2D eigenvalue weighted by molar-refractivity contribution is 0.575. The average molecular weight is 339 g/mol. The van der Waals surface area contributed by atoms with Crippen molar-refractivity contribution in [2.75, 3.05) is 20.1 Å².